The van der Waals surface area contributed by atoms with Crippen LogP contribution in [0.1, 0.15) is 28.1 Å². The number of hydrogen-bond donors (Lipinski definition) is 1. The molecule has 0 spiro atoms. The van der Waals surface area contributed by atoms with Gasteiger partial charge in [0.15, 0.2) is 0 Å². The minimum Gasteiger partial charge on any atom is -0.392 e. The summed E-state index contributed by atoms with van der Waals surface area (Å²) in [6, 6.07) is -0.115. The number of nitrogens with two attached hydrogens (primary N) is 1. The first-order chi connectivity index (χ1) is 8.02. The molecule has 1 amide bonds. The number of nitrogens with zero attached hydrogens (tertiary/aromatic N) is 1. The van der Waals surface area contributed by atoms with E-state index in [9.17, 15) is 4.79 Å². The van der Waals surface area contributed by atoms with Crippen LogP contribution < -0.4 is 5.73 Å². The van der Waals surface area contributed by atoms with Crippen molar-refractivity contribution in [1.82, 2.24) is 4.90 Å². The van der Waals surface area contributed by atoms with Crippen LogP contribution in [0.5, 0.6) is 0 Å². The Kier molecular flexibility index (Phi) is 3.70. The van der Waals surface area contributed by atoms with Gasteiger partial charge in [0, 0.05) is 6.54 Å². The van der Waals surface area contributed by atoms with Crippen molar-refractivity contribution in [3.63, 3.8) is 0 Å². The molecule has 1 aromatic rings. The van der Waals surface area contributed by atoms with Crippen molar-refractivity contribution in [1.29, 1.82) is 0 Å². The van der Waals surface area contributed by atoms with E-state index in [0.717, 1.165) is 18.4 Å². The van der Waals surface area contributed by atoms with E-state index in [1.807, 2.05) is 12.3 Å². The van der Waals surface area contributed by atoms with Crippen LogP contribution in [-0.2, 0) is 0 Å². The van der Waals surface area contributed by atoms with Gasteiger partial charge in [-0.05, 0) is 30.7 Å². The summed E-state index contributed by atoms with van der Waals surface area (Å²) in [6.07, 6.45) is 1.79. The molecule has 1 saturated heterocycles. The summed E-state index contributed by atoms with van der Waals surface area (Å²) in [5, 5.41) is 2.44. The highest BCUT2D eigenvalue weighted by atomic mass is 35.5. The van der Waals surface area contributed by atoms with Crippen LogP contribution in [0.3, 0.4) is 0 Å². The molecule has 2 N–H and O–H groups in total. The second-order valence-electron chi connectivity index (χ2n) is 4.12. The highest BCUT2D eigenvalue weighted by Crippen LogP contribution is 2.30. The molecule has 0 aromatic carbocycles. The van der Waals surface area contributed by atoms with E-state index in [0.29, 0.717) is 21.4 Å². The molecule has 1 aliphatic heterocycles. The van der Waals surface area contributed by atoms with Gasteiger partial charge in [0.25, 0.3) is 5.91 Å². The number of amides is 1. The van der Waals surface area contributed by atoms with E-state index in [1.54, 1.807) is 4.90 Å². The molecule has 2 heterocycles. The van der Waals surface area contributed by atoms with Crippen LogP contribution in [0.2, 0.25) is 5.02 Å². The van der Waals surface area contributed by atoms with Crippen molar-refractivity contribution in [2.45, 2.75) is 25.8 Å². The zero-order valence-corrected chi connectivity index (χ0v) is 11.8. The number of hydrogen-bond acceptors (Lipinski definition) is 3. The Balaban J connectivity index is 2.26. The van der Waals surface area contributed by atoms with Gasteiger partial charge in [-0.25, -0.2) is 0 Å². The molecule has 2 rings (SSSR count). The van der Waals surface area contributed by atoms with E-state index in [4.69, 9.17) is 29.6 Å². The molecule has 0 bridgehead atoms. The summed E-state index contributed by atoms with van der Waals surface area (Å²) >= 11 is 12.5. The maximum atomic E-state index is 12.3. The normalized spacial score (nSPS) is 19.6. The van der Waals surface area contributed by atoms with Crippen LogP contribution in [0.4, 0.5) is 0 Å². The predicted molar refractivity (Wildman–Crippen MR) is 74.9 cm³/mol. The number of halogens is 1. The maximum absolute atomic E-state index is 12.3. The fraction of sp³-hybridized carbons (Fsp3) is 0.455. The number of thiocarbonyl (C=S) groups is 1. The minimum absolute atomic E-state index is 0.0524. The number of carbonyl (C=O) groups excluding carboxylic acids is 1. The number of rotatable bonds is 2. The zero-order valence-electron chi connectivity index (χ0n) is 9.40. The molecule has 1 unspecified atom stereocenters. The van der Waals surface area contributed by atoms with Gasteiger partial charge >= 0.3 is 0 Å². The van der Waals surface area contributed by atoms with Crippen LogP contribution in [0, 0.1) is 6.92 Å². The molecule has 1 fully saturated rings. The molecular weight excluding hydrogens is 276 g/mol. The van der Waals surface area contributed by atoms with E-state index >= 15 is 0 Å². The fourth-order valence-electron chi connectivity index (χ4n) is 2.01. The Morgan fingerprint density at radius 3 is 2.94 bits per heavy atom. The summed E-state index contributed by atoms with van der Waals surface area (Å²) in [6.45, 7) is 2.60. The van der Waals surface area contributed by atoms with Crippen molar-refractivity contribution in [2.24, 2.45) is 5.73 Å². The molecule has 1 aromatic heterocycles. The maximum Gasteiger partial charge on any atom is 0.266 e. The Bertz CT molecular complexity index is 472. The summed E-state index contributed by atoms with van der Waals surface area (Å²) in [5.41, 5.74) is 6.59. The Morgan fingerprint density at radius 2 is 2.41 bits per heavy atom. The van der Waals surface area contributed by atoms with Crippen LogP contribution in [0.25, 0.3) is 0 Å². The third kappa shape index (κ3) is 2.32. The van der Waals surface area contributed by atoms with E-state index in [-0.39, 0.29) is 11.9 Å². The second-order valence-corrected chi connectivity index (χ2v) is 5.85. The lowest BCUT2D eigenvalue weighted by molar-refractivity contribution is 0.0775. The van der Waals surface area contributed by atoms with Crippen LogP contribution in [-0.4, -0.2) is 28.4 Å². The topological polar surface area (TPSA) is 46.3 Å². The van der Waals surface area contributed by atoms with E-state index in [2.05, 4.69) is 0 Å². The summed E-state index contributed by atoms with van der Waals surface area (Å²) in [7, 11) is 0. The molecule has 0 aliphatic carbocycles. The van der Waals surface area contributed by atoms with Gasteiger partial charge in [-0.2, -0.15) is 0 Å². The summed E-state index contributed by atoms with van der Waals surface area (Å²) < 4.78 is 0. The van der Waals surface area contributed by atoms with Gasteiger partial charge in [-0.1, -0.05) is 23.8 Å². The number of thiophene rings is 1. The van der Waals surface area contributed by atoms with E-state index < -0.39 is 0 Å². The molecule has 0 radical (unpaired) electrons. The predicted octanol–water partition coefficient (Wildman–Crippen LogP) is 2.60. The van der Waals surface area contributed by atoms with Crippen LogP contribution in [0.15, 0.2) is 5.38 Å². The fourth-order valence-corrected chi connectivity index (χ4v) is 3.48. The quantitative estimate of drug-likeness (QED) is 0.851. The van der Waals surface area contributed by atoms with Crippen molar-refractivity contribution >= 4 is 46.1 Å². The Labute approximate surface area is 115 Å². The molecule has 6 heteroatoms. The molecule has 92 valence electrons. The smallest absolute Gasteiger partial charge is 0.266 e. The summed E-state index contributed by atoms with van der Waals surface area (Å²) in [4.78, 5) is 15.0. The van der Waals surface area contributed by atoms with Gasteiger partial charge in [0.2, 0.25) is 0 Å². The molecular formula is C11H13ClN2OS2. The molecule has 17 heavy (non-hydrogen) atoms. The first kappa shape index (κ1) is 12.8. The number of carbonyl (C=O) groups is 1. The van der Waals surface area contributed by atoms with Crippen LogP contribution >= 0.6 is 35.2 Å². The number of aryl methyl sites for hydroxylation is 1. The lowest BCUT2D eigenvalue weighted by Crippen LogP contribution is -2.42. The molecule has 3 nitrogen and oxygen atoms in total. The minimum atomic E-state index is -0.115. The SMILES string of the molecule is Cc1csc(C(=O)N2CCCC2C(N)=S)c1Cl. The lowest BCUT2D eigenvalue weighted by atomic mass is 10.2. The highest BCUT2D eigenvalue weighted by Gasteiger charge is 2.32. The first-order valence-electron chi connectivity index (χ1n) is 5.36. The van der Waals surface area contributed by atoms with Crippen molar-refractivity contribution in [3.05, 3.63) is 20.8 Å². The van der Waals surface area contributed by atoms with Gasteiger partial charge in [-0.3, -0.25) is 4.79 Å². The van der Waals surface area contributed by atoms with Gasteiger partial charge in [0.1, 0.15) is 4.88 Å². The average molecular weight is 289 g/mol. The van der Waals surface area contributed by atoms with Crippen molar-refractivity contribution < 1.29 is 4.79 Å². The average Bonchev–Trinajstić information content (AvgIpc) is 2.87. The zero-order chi connectivity index (χ0) is 12.6. The monoisotopic (exact) mass is 288 g/mol. The van der Waals surface area contributed by atoms with Gasteiger partial charge in [0.05, 0.1) is 16.1 Å². The molecule has 0 saturated carbocycles. The third-order valence-corrected chi connectivity index (χ3v) is 4.89. The molecule has 1 aliphatic rings. The van der Waals surface area contributed by atoms with Crippen molar-refractivity contribution in [2.75, 3.05) is 6.54 Å². The van der Waals surface area contributed by atoms with Crippen molar-refractivity contribution in [3.8, 4) is 0 Å². The standard InChI is InChI=1S/C11H13ClN2OS2/c1-6-5-17-9(8(6)12)11(15)14-4-2-3-7(14)10(13)16/h5,7H,2-4H2,1H3,(H2,13,16). The lowest BCUT2D eigenvalue weighted by Gasteiger charge is -2.23. The van der Waals surface area contributed by atoms with Gasteiger partial charge in [-0.15, -0.1) is 11.3 Å². The molecule has 1 atom stereocenters. The highest BCUT2D eigenvalue weighted by molar-refractivity contribution is 7.80. The first-order valence-corrected chi connectivity index (χ1v) is 7.03. The Hall–Kier alpha value is -0.650. The number of likely N-dealkylation sites (tertiary alicyclic amines) is 1. The second kappa shape index (κ2) is 4.92. The largest absolute Gasteiger partial charge is 0.392 e. The van der Waals surface area contributed by atoms with Gasteiger partial charge < -0.3 is 10.6 Å². The summed E-state index contributed by atoms with van der Waals surface area (Å²) in [5.74, 6) is -0.0524. The van der Waals surface area contributed by atoms with E-state index in [1.165, 1.54) is 11.3 Å². The third-order valence-electron chi connectivity index (χ3n) is 2.94. The Morgan fingerprint density at radius 1 is 1.71 bits per heavy atom.